The van der Waals surface area contributed by atoms with Crippen LogP contribution in [0, 0.1) is 0 Å². The molecule has 2 aromatic heterocycles. The Bertz CT molecular complexity index is 982. The summed E-state index contributed by atoms with van der Waals surface area (Å²) in [7, 11) is 1.60. The van der Waals surface area contributed by atoms with E-state index in [2.05, 4.69) is 42.6 Å². The summed E-state index contributed by atoms with van der Waals surface area (Å²) in [6.45, 7) is 0. The minimum atomic E-state index is -0.0647. The lowest BCUT2D eigenvalue weighted by Crippen LogP contribution is -2.29. The summed E-state index contributed by atoms with van der Waals surface area (Å²) in [5.41, 5.74) is 1.85. The van der Waals surface area contributed by atoms with Crippen molar-refractivity contribution in [2.24, 2.45) is 0 Å². The van der Waals surface area contributed by atoms with Crippen LogP contribution in [0.5, 0.6) is 5.75 Å². The van der Waals surface area contributed by atoms with E-state index in [1.54, 1.807) is 24.6 Å². The number of ether oxygens (including phenoxy) is 1. The second-order valence-corrected chi connectivity index (χ2v) is 8.64. The van der Waals surface area contributed by atoms with Gasteiger partial charge in [0, 0.05) is 26.6 Å². The molecule has 0 bridgehead atoms. The molecule has 1 aromatic carbocycles. The van der Waals surface area contributed by atoms with Gasteiger partial charge in [-0.1, -0.05) is 17.7 Å². The number of benzene rings is 1. The number of nitrogens with one attached hydrogen (secondary N) is 1. The zero-order chi connectivity index (χ0) is 19.0. The average Bonchev–Trinajstić information content (AvgIpc) is 3.25. The van der Waals surface area contributed by atoms with Gasteiger partial charge < -0.3 is 15.0 Å². The number of thiophene rings is 1. The molecule has 3 heterocycles. The highest BCUT2D eigenvalue weighted by atomic mass is 79.9. The molecule has 2 atom stereocenters. The molecule has 0 radical (unpaired) electrons. The van der Waals surface area contributed by atoms with Crippen LogP contribution in [0.15, 0.2) is 58.5 Å². The lowest BCUT2D eigenvalue weighted by atomic mass is 10.0. The molecule has 8 heteroatoms. The maximum atomic E-state index is 6.37. The molecule has 1 N–H and O–H groups in total. The van der Waals surface area contributed by atoms with Gasteiger partial charge >= 0.3 is 0 Å². The van der Waals surface area contributed by atoms with Crippen LogP contribution < -0.4 is 15.0 Å². The number of halogens is 2. The number of aromatic nitrogens is 1. The minimum Gasteiger partial charge on any atom is -0.495 e. The topological polar surface area (TPSA) is 37.4 Å². The van der Waals surface area contributed by atoms with Crippen molar-refractivity contribution in [1.82, 2.24) is 10.3 Å². The van der Waals surface area contributed by atoms with Crippen molar-refractivity contribution in [3.63, 3.8) is 0 Å². The molecule has 0 spiro atoms. The maximum absolute atomic E-state index is 6.37. The number of methoxy groups -OCH3 is 1. The van der Waals surface area contributed by atoms with Crippen LogP contribution >= 0.6 is 51.1 Å². The zero-order valence-electron chi connectivity index (χ0n) is 14.2. The molecule has 27 heavy (non-hydrogen) atoms. The normalized spacial score (nSPS) is 19.2. The standard InChI is InChI=1S/C19H15BrClN3OS2/c1-25-15-6-5-12(9-13(15)21)24-18(16-8-11(20)10-27-16)17(23-19(24)26)14-4-2-3-7-22-14/h2-10,17-18H,1H3,(H,23,26). The van der Waals surface area contributed by atoms with Crippen LogP contribution in [0.25, 0.3) is 0 Å². The molecule has 0 amide bonds. The predicted molar refractivity (Wildman–Crippen MR) is 118 cm³/mol. The predicted octanol–water partition coefficient (Wildman–Crippen LogP) is 5.74. The van der Waals surface area contributed by atoms with E-state index in [9.17, 15) is 0 Å². The minimum absolute atomic E-state index is 0.0341. The van der Waals surface area contributed by atoms with Gasteiger partial charge in [-0.2, -0.15) is 0 Å². The van der Waals surface area contributed by atoms with Crippen molar-refractivity contribution in [1.29, 1.82) is 0 Å². The van der Waals surface area contributed by atoms with Crippen LogP contribution in [0.1, 0.15) is 22.7 Å². The molecule has 4 rings (SSSR count). The number of rotatable bonds is 4. The summed E-state index contributed by atoms with van der Waals surface area (Å²) in [5, 5.41) is 6.70. The first-order valence-corrected chi connectivity index (χ1v) is 10.6. The van der Waals surface area contributed by atoms with Gasteiger partial charge in [-0.3, -0.25) is 4.98 Å². The van der Waals surface area contributed by atoms with Gasteiger partial charge in [-0.25, -0.2) is 0 Å². The number of pyridine rings is 1. The van der Waals surface area contributed by atoms with E-state index >= 15 is 0 Å². The second kappa shape index (κ2) is 7.75. The van der Waals surface area contributed by atoms with Gasteiger partial charge in [0.2, 0.25) is 0 Å². The molecule has 2 unspecified atom stereocenters. The van der Waals surface area contributed by atoms with Crippen molar-refractivity contribution >= 4 is 61.9 Å². The lowest BCUT2D eigenvalue weighted by Gasteiger charge is -2.27. The fourth-order valence-corrected chi connectivity index (χ4v) is 5.38. The summed E-state index contributed by atoms with van der Waals surface area (Å²) in [4.78, 5) is 7.82. The molecule has 4 nitrogen and oxygen atoms in total. The highest BCUT2D eigenvalue weighted by Crippen LogP contribution is 2.45. The smallest absolute Gasteiger partial charge is 0.174 e. The molecule has 1 aliphatic heterocycles. The maximum Gasteiger partial charge on any atom is 0.174 e. The van der Waals surface area contributed by atoms with Crippen LogP contribution in [-0.2, 0) is 0 Å². The van der Waals surface area contributed by atoms with E-state index in [-0.39, 0.29) is 12.1 Å². The van der Waals surface area contributed by atoms with Crippen LogP contribution in [-0.4, -0.2) is 17.2 Å². The van der Waals surface area contributed by atoms with Gasteiger partial charge in [-0.15, -0.1) is 11.3 Å². The molecule has 3 aromatic rings. The lowest BCUT2D eigenvalue weighted by molar-refractivity contribution is 0.415. The third-order valence-electron chi connectivity index (χ3n) is 4.39. The first-order valence-electron chi connectivity index (χ1n) is 8.16. The van der Waals surface area contributed by atoms with E-state index in [0.29, 0.717) is 15.9 Å². The van der Waals surface area contributed by atoms with E-state index in [4.69, 9.17) is 28.6 Å². The molecule has 1 saturated heterocycles. The van der Waals surface area contributed by atoms with Gasteiger partial charge in [0.1, 0.15) is 5.75 Å². The molecule has 138 valence electrons. The van der Waals surface area contributed by atoms with Crippen LogP contribution in [0.3, 0.4) is 0 Å². The first-order chi connectivity index (χ1) is 13.1. The number of hydrogen-bond acceptors (Lipinski definition) is 4. The van der Waals surface area contributed by atoms with Crippen LogP contribution in [0.4, 0.5) is 5.69 Å². The number of nitrogens with zero attached hydrogens (tertiary/aromatic N) is 2. The zero-order valence-corrected chi connectivity index (χ0v) is 18.2. The Morgan fingerprint density at radius 3 is 2.78 bits per heavy atom. The quantitative estimate of drug-likeness (QED) is 0.482. The molecular weight excluding hydrogens is 466 g/mol. The molecule has 1 aliphatic rings. The Kier molecular flexibility index (Phi) is 5.36. The van der Waals surface area contributed by atoms with Gasteiger partial charge in [0.25, 0.3) is 0 Å². The Labute approximate surface area is 180 Å². The second-order valence-electron chi connectivity index (χ2n) is 5.98. The molecule has 0 aliphatic carbocycles. The third kappa shape index (κ3) is 3.57. The van der Waals surface area contributed by atoms with E-state index < -0.39 is 0 Å². The fourth-order valence-electron chi connectivity index (χ4n) is 3.21. The summed E-state index contributed by atoms with van der Waals surface area (Å²) in [6, 6.07) is 13.6. The van der Waals surface area contributed by atoms with Crippen molar-refractivity contribution < 1.29 is 4.74 Å². The van der Waals surface area contributed by atoms with E-state index in [1.807, 2.05) is 36.4 Å². The van der Waals surface area contributed by atoms with Crippen LogP contribution in [0.2, 0.25) is 5.02 Å². The number of anilines is 1. The SMILES string of the molecule is COc1ccc(N2C(=S)NC(c3ccccn3)C2c2cc(Br)cs2)cc1Cl. The average molecular weight is 481 g/mol. The van der Waals surface area contributed by atoms with Gasteiger partial charge in [0.05, 0.1) is 29.9 Å². The van der Waals surface area contributed by atoms with E-state index in [1.165, 1.54) is 4.88 Å². The Balaban J connectivity index is 1.81. The Morgan fingerprint density at radius 2 is 2.15 bits per heavy atom. The summed E-state index contributed by atoms with van der Waals surface area (Å²) >= 11 is 17.3. The molecule has 1 fully saturated rings. The van der Waals surface area contributed by atoms with Crippen molar-refractivity contribution in [2.75, 3.05) is 12.0 Å². The molecule has 0 saturated carbocycles. The van der Waals surface area contributed by atoms with Crippen molar-refractivity contribution in [3.05, 3.63) is 74.1 Å². The summed E-state index contributed by atoms with van der Waals surface area (Å²) in [5.74, 6) is 0.634. The summed E-state index contributed by atoms with van der Waals surface area (Å²) < 4.78 is 6.33. The number of hydrogen-bond donors (Lipinski definition) is 1. The molecular formula is C19H15BrClN3OS2. The summed E-state index contributed by atoms with van der Waals surface area (Å²) in [6.07, 6.45) is 1.80. The third-order valence-corrected chi connectivity index (χ3v) is 6.76. The van der Waals surface area contributed by atoms with Gasteiger partial charge in [0.15, 0.2) is 5.11 Å². The fraction of sp³-hybridized carbons (Fsp3) is 0.158. The highest BCUT2D eigenvalue weighted by Gasteiger charge is 2.41. The van der Waals surface area contributed by atoms with Crippen molar-refractivity contribution in [3.8, 4) is 5.75 Å². The largest absolute Gasteiger partial charge is 0.495 e. The highest BCUT2D eigenvalue weighted by molar-refractivity contribution is 9.10. The Morgan fingerprint density at radius 1 is 1.30 bits per heavy atom. The van der Waals surface area contributed by atoms with Gasteiger partial charge in [-0.05, 0) is 64.5 Å². The monoisotopic (exact) mass is 479 g/mol. The van der Waals surface area contributed by atoms with Crippen molar-refractivity contribution in [2.45, 2.75) is 12.1 Å². The van der Waals surface area contributed by atoms with E-state index in [0.717, 1.165) is 15.9 Å². The number of thiocarbonyl (C=S) groups is 1. The first kappa shape index (κ1) is 18.7. The Hall–Kier alpha value is -1.67.